The minimum Gasteiger partial charge on any atom is -0.497 e. The van der Waals surface area contributed by atoms with Crippen LogP contribution in [0.4, 0.5) is 0 Å². The summed E-state index contributed by atoms with van der Waals surface area (Å²) < 4.78 is 5.86. The number of alkyl halides is 1. The molecule has 0 bridgehead atoms. The van der Waals surface area contributed by atoms with Gasteiger partial charge in [-0.3, -0.25) is 0 Å². The first kappa shape index (κ1) is 10.8. The molecular weight excluding hydrogens is 255 g/mol. The molecule has 1 aromatic carbocycles. The molecule has 0 spiro atoms. The molecule has 72 valence electrons. The Morgan fingerprint density at radius 3 is 2.85 bits per heavy atom. The lowest BCUT2D eigenvalue weighted by Gasteiger charge is -2.10. The molecule has 0 unspecified atom stereocenters. The Balaban J connectivity index is 3.03. The molecule has 1 N–H and O–H groups in total. The second kappa shape index (κ2) is 4.84. The lowest BCUT2D eigenvalue weighted by molar-refractivity contribution is 0.201. The van der Waals surface area contributed by atoms with Crippen LogP contribution in [-0.4, -0.2) is 18.1 Å². The highest BCUT2D eigenvalue weighted by atomic mass is 79.9. The van der Waals surface area contributed by atoms with Crippen LogP contribution in [0.5, 0.6) is 5.75 Å². The molecule has 4 heteroatoms. The van der Waals surface area contributed by atoms with E-state index in [2.05, 4.69) is 15.9 Å². The number of halogens is 2. The normalized spacial score (nSPS) is 12.6. The van der Waals surface area contributed by atoms with Gasteiger partial charge in [0.15, 0.2) is 0 Å². The first-order chi connectivity index (χ1) is 6.19. The van der Waals surface area contributed by atoms with E-state index < -0.39 is 6.10 Å². The number of aliphatic hydroxyl groups excluding tert-OH is 1. The molecule has 0 heterocycles. The topological polar surface area (TPSA) is 29.5 Å². The summed E-state index contributed by atoms with van der Waals surface area (Å²) in [6.07, 6.45) is -0.661. The van der Waals surface area contributed by atoms with Crippen LogP contribution in [0, 0.1) is 0 Å². The van der Waals surface area contributed by atoms with Gasteiger partial charge in [0.05, 0.1) is 19.1 Å². The van der Waals surface area contributed by atoms with Gasteiger partial charge in [-0.1, -0.05) is 15.9 Å². The van der Waals surface area contributed by atoms with Crippen LogP contribution >= 0.6 is 27.5 Å². The number of rotatable bonds is 3. The van der Waals surface area contributed by atoms with Crippen LogP contribution < -0.4 is 4.74 Å². The Bertz CT molecular complexity index is 291. The molecule has 0 aliphatic carbocycles. The van der Waals surface area contributed by atoms with Crippen LogP contribution in [0.3, 0.4) is 0 Å². The van der Waals surface area contributed by atoms with Gasteiger partial charge in [-0.15, -0.1) is 11.6 Å². The molecule has 0 amide bonds. The molecule has 1 aromatic rings. The summed E-state index contributed by atoms with van der Waals surface area (Å²) in [7, 11) is 1.58. The third kappa shape index (κ3) is 2.59. The van der Waals surface area contributed by atoms with E-state index in [1.807, 2.05) is 12.1 Å². The van der Waals surface area contributed by atoms with Crippen molar-refractivity contribution in [1.29, 1.82) is 0 Å². The van der Waals surface area contributed by atoms with Gasteiger partial charge in [-0.25, -0.2) is 0 Å². The molecular formula is C9H10BrClO2. The number of hydrogen-bond acceptors (Lipinski definition) is 2. The average Bonchev–Trinajstić information content (AvgIpc) is 2.17. The lowest BCUT2D eigenvalue weighted by atomic mass is 10.1. The van der Waals surface area contributed by atoms with E-state index in [0.29, 0.717) is 5.75 Å². The predicted octanol–water partition coefficient (Wildman–Crippen LogP) is 2.73. The van der Waals surface area contributed by atoms with Gasteiger partial charge in [-0.05, 0) is 23.8 Å². The molecule has 0 aliphatic heterocycles. The molecule has 1 atom stereocenters. The van der Waals surface area contributed by atoms with Crippen LogP contribution in [0.2, 0.25) is 0 Å². The maximum Gasteiger partial charge on any atom is 0.119 e. The summed E-state index contributed by atoms with van der Waals surface area (Å²) in [5, 5.41) is 9.51. The summed E-state index contributed by atoms with van der Waals surface area (Å²) in [5.41, 5.74) is 0.745. The minimum atomic E-state index is -0.661. The molecule has 0 fully saturated rings. The molecule has 1 rings (SSSR count). The van der Waals surface area contributed by atoms with E-state index in [4.69, 9.17) is 16.3 Å². The monoisotopic (exact) mass is 264 g/mol. The average molecular weight is 266 g/mol. The van der Waals surface area contributed by atoms with Gasteiger partial charge in [-0.2, -0.15) is 0 Å². The number of benzene rings is 1. The van der Waals surface area contributed by atoms with Gasteiger partial charge in [0.1, 0.15) is 5.75 Å². The van der Waals surface area contributed by atoms with E-state index in [1.54, 1.807) is 13.2 Å². The lowest BCUT2D eigenvalue weighted by Crippen LogP contribution is -2.00. The molecule has 0 saturated heterocycles. The Kier molecular flexibility index (Phi) is 4.03. The smallest absolute Gasteiger partial charge is 0.119 e. The molecule has 0 aliphatic rings. The Hall–Kier alpha value is -0.250. The van der Waals surface area contributed by atoms with Crippen molar-refractivity contribution in [2.45, 2.75) is 6.10 Å². The first-order valence-corrected chi connectivity index (χ1v) is 5.09. The summed E-state index contributed by atoms with van der Waals surface area (Å²) in [6.45, 7) is 0. The molecule has 0 aromatic heterocycles. The van der Waals surface area contributed by atoms with Crippen molar-refractivity contribution >= 4 is 27.5 Å². The third-order valence-corrected chi connectivity index (χ3v) is 2.72. The number of ether oxygens (including phenoxy) is 1. The van der Waals surface area contributed by atoms with Crippen molar-refractivity contribution in [2.24, 2.45) is 0 Å². The molecule has 2 nitrogen and oxygen atoms in total. The molecule has 0 radical (unpaired) electrons. The van der Waals surface area contributed by atoms with E-state index in [-0.39, 0.29) is 5.88 Å². The van der Waals surface area contributed by atoms with Gasteiger partial charge in [0.25, 0.3) is 0 Å². The zero-order valence-electron chi connectivity index (χ0n) is 7.13. The summed E-state index contributed by atoms with van der Waals surface area (Å²) >= 11 is 8.87. The van der Waals surface area contributed by atoms with Crippen LogP contribution in [-0.2, 0) is 0 Å². The van der Waals surface area contributed by atoms with E-state index >= 15 is 0 Å². The maximum atomic E-state index is 9.51. The van der Waals surface area contributed by atoms with E-state index in [9.17, 15) is 5.11 Å². The zero-order chi connectivity index (χ0) is 9.84. The van der Waals surface area contributed by atoms with Gasteiger partial charge < -0.3 is 9.84 Å². The second-order valence-electron chi connectivity index (χ2n) is 2.56. The second-order valence-corrected chi connectivity index (χ2v) is 3.72. The quantitative estimate of drug-likeness (QED) is 0.852. The number of methoxy groups -OCH3 is 1. The van der Waals surface area contributed by atoms with Gasteiger partial charge >= 0.3 is 0 Å². The summed E-state index contributed by atoms with van der Waals surface area (Å²) in [5.74, 6) is 0.883. The Labute approximate surface area is 90.6 Å². The van der Waals surface area contributed by atoms with Crippen LogP contribution in [0.15, 0.2) is 22.7 Å². The first-order valence-electron chi connectivity index (χ1n) is 3.76. The third-order valence-electron chi connectivity index (χ3n) is 1.71. The standard InChI is InChI=1S/C9H10BrClO2/c1-13-6-2-3-8(10)7(4-6)9(12)5-11/h2-4,9,12H,5H2,1H3/t9-/m0/s1. The van der Waals surface area contributed by atoms with Gasteiger partial charge in [0.2, 0.25) is 0 Å². The van der Waals surface area contributed by atoms with Crippen molar-refractivity contribution in [2.75, 3.05) is 13.0 Å². The Morgan fingerprint density at radius 2 is 2.31 bits per heavy atom. The SMILES string of the molecule is COc1ccc(Br)c([C@@H](O)CCl)c1. The molecule has 0 saturated carbocycles. The minimum absolute atomic E-state index is 0.172. The number of hydrogen-bond donors (Lipinski definition) is 1. The van der Waals surface area contributed by atoms with E-state index in [1.165, 1.54) is 0 Å². The number of aliphatic hydroxyl groups is 1. The predicted molar refractivity (Wildman–Crippen MR) is 56.4 cm³/mol. The van der Waals surface area contributed by atoms with Crippen molar-refractivity contribution in [3.05, 3.63) is 28.2 Å². The van der Waals surface area contributed by atoms with Crippen LogP contribution in [0.25, 0.3) is 0 Å². The maximum absolute atomic E-state index is 9.51. The fourth-order valence-electron chi connectivity index (χ4n) is 0.987. The summed E-state index contributed by atoms with van der Waals surface area (Å²) in [6, 6.07) is 5.40. The summed E-state index contributed by atoms with van der Waals surface area (Å²) in [4.78, 5) is 0. The van der Waals surface area contributed by atoms with Crippen LogP contribution in [0.1, 0.15) is 11.7 Å². The van der Waals surface area contributed by atoms with Crippen molar-refractivity contribution < 1.29 is 9.84 Å². The van der Waals surface area contributed by atoms with Crippen molar-refractivity contribution in [1.82, 2.24) is 0 Å². The highest BCUT2D eigenvalue weighted by molar-refractivity contribution is 9.10. The fraction of sp³-hybridized carbons (Fsp3) is 0.333. The fourth-order valence-corrected chi connectivity index (χ4v) is 1.66. The molecule has 13 heavy (non-hydrogen) atoms. The van der Waals surface area contributed by atoms with Gasteiger partial charge in [0, 0.05) is 4.47 Å². The van der Waals surface area contributed by atoms with Crippen molar-refractivity contribution in [3.8, 4) is 5.75 Å². The highest BCUT2D eigenvalue weighted by Crippen LogP contribution is 2.28. The largest absolute Gasteiger partial charge is 0.497 e. The highest BCUT2D eigenvalue weighted by Gasteiger charge is 2.10. The van der Waals surface area contributed by atoms with Crippen molar-refractivity contribution in [3.63, 3.8) is 0 Å². The zero-order valence-corrected chi connectivity index (χ0v) is 9.47. The van der Waals surface area contributed by atoms with E-state index in [0.717, 1.165) is 10.0 Å². The Morgan fingerprint density at radius 1 is 1.62 bits per heavy atom.